The average molecular weight is 213 g/mol. The van der Waals surface area contributed by atoms with Crippen molar-refractivity contribution >= 4 is 0 Å². The highest BCUT2D eigenvalue weighted by molar-refractivity contribution is 4.79. The Kier molecular flexibility index (Phi) is 8.13. The van der Waals surface area contributed by atoms with Crippen molar-refractivity contribution in [3.63, 3.8) is 0 Å². The molecule has 0 saturated heterocycles. The highest BCUT2D eigenvalue weighted by Gasteiger charge is 2.23. The van der Waals surface area contributed by atoms with Gasteiger partial charge in [-0.15, -0.1) is 0 Å². The molecule has 0 aromatic carbocycles. The average Bonchev–Trinajstić information content (AvgIpc) is 2.22. The van der Waals surface area contributed by atoms with Crippen LogP contribution in [0.15, 0.2) is 0 Å². The van der Waals surface area contributed by atoms with Gasteiger partial charge in [-0.05, 0) is 18.3 Å². The van der Waals surface area contributed by atoms with Gasteiger partial charge in [-0.2, -0.15) is 0 Å². The lowest BCUT2D eigenvalue weighted by Gasteiger charge is -2.30. The Morgan fingerprint density at radius 3 is 2.00 bits per heavy atom. The molecule has 2 N–H and O–H groups in total. The Hall–Kier alpha value is -0.0400. The number of rotatable bonds is 9. The normalized spacial score (nSPS) is 14.2. The van der Waals surface area contributed by atoms with Crippen molar-refractivity contribution < 1.29 is 0 Å². The van der Waals surface area contributed by atoms with Crippen molar-refractivity contribution in [3.05, 3.63) is 0 Å². The molecule has 0 aliphatic heterocycles. The summed E-state index contributed by atoms with van der Waals surface area (Å²) < 4.78 is 0. The summed E-state index contributed by atoms with van der Waals surface area (Å²) in [7, 11) is 0. The first-order valence-electron chi connectivity index (χ1n) is 6.80. The van der Waals surface area contributed by atoms with E-state index in [1.807, 2.05) is 0 Å². The van der Waals surface area contributed by atoms with Crippen LogP contribution in [-0.4, -0.2) is 6.04 Å². The lowest BCUT2D eigenvalue weighted by atomic mass is 9.80. The van der Waals surface area contributed by atoms with Gasteiger partial charge in [0.1, 0.15) is 0 Å². The maximum Gasteiger partial charge on any atom is 0.00901 e. The Balaban J connectivity index is 3.43. The fourth-order valence-corrected chi connectivity index (χ4v) is 1.80. The van der Waals surface area contributed by atoms with Crippen LogP contribution < -0.4 is 5.73 Å². The van der Waals surface area contributed by atoms with Crippen molar-refractivity contribution in [2.75, 3.05) is 0 Å². The fraction of sp³-hybridized carbons (Fsp3) is 1.00. The number of unbranched alkanes of at least 4 members (excludes halogenated alkanes) is 5. The summed E-state index contributed by atoms with van der Waals surface area (Å²) in [5.74, 6) is 0. The van der Waals surface area contributed by atoms with Crippen molar-refractivity contribution in [2.24, 2.45) is 11.1 Å². The minimum absolute atomic E-state index is 0.323. The van der Waals surface area contributed by atoms with Crippen LogP contribution in [0.5, 0.6) is 0 Å². The Bertz CT molecular complexity index is 140. The Morgan fingerprint density at radius 2 is 1.47 bits per heavy atom. The summed E-state index contributed by atoms with van der Waals surface area (Å²) in [5, 5.41) is 0. The molecule has 0 aromatic heterocycles. The molecule has 0 spiro atoms. The molecule has 0 saturated carbocycles. The van der Waals surface area contributed by atoms with E-state index in [0.29, 0.717) is 11.5 Å². The molecule has 1 heteroatoms. The van der Waals surface area contributed by atoms with Crippen LogP contribution >= 0.6 is 0 Å². The van der Waals surface area contributed by atoms with E-state index in [0.717, 1.165) is 0 Å². The molecule has 0 rings (SSSR count). The molecule has 1 atom stereocenters. The number of nitrogens with two attached hydrogens (primary N) is 1. The first-order chi connectivity index (χ1) is 7.04. The van der Waals surface area contributed by atoms with Crippen molar-refractivity contribution in [3.8, 4) is 0 Å². The molecule has 1 nitrogen and oxygen atoms in total. The van der Waals surface area contributed by atoms with Gasteiger partial charge in [0.15, 0.2) is 0 Å². The predicted molar refractivity (Wildman–Crippen MR) is 70.0 cm³/mol. The van der Waals surface area contributed by atoms with Crippen molar-refractivity contribution in [1.82, 2.24) is 0 Å². The van der Waals surface area contributed by atoms with Gasteiger partial charge in [-0.3, -0.25) is 0 Å². The first-order valence-corrected chi connectivity index (χ1v) is 6.80. The molecule has 92 valence electrons. The fourth-order valence-electron chi connectivity index (χ4n) is 1.80. The molecule has 0 aliphatic rings. The highest BCUT2D eigenvalue weighted by atomic mass is 14.7. The maximum absolute atomic E-state index is 6.20. The summed E-state index contributed by atoms with van der Waals surface area (Å²) in [5.41, 5.74) is 6.53. The molecular formula is C14H31N. The van der Waals surface area contributed by atoms with E-state index in [2.05, 4.69) is 27.7 Å². The minimum atomic E-state index is 0.323. The lowest BCUT2D eigenvalue weighted by molar-refractivity contribution is 0.257. The van der Waals surface area contributed by atoms with Gasteiger partial charge in [-0.25, -0.2) is 0 Å². The van der Waals surface area contributed by atoms with E-state index in [4.69, 9.17) is 5.73 Å². The van der Waals surface area contributed by atoms with Crippen LogP contribution in [0, 0.1) is 5.41 Å². The summed E-state index contributed by atoms with van der Waals surface area (Å²) in [6.07, 6.45) is 10.6. The van der Waals surface area contributed by atoms with Crippen LogP contribution in [0.2, 0.25) is 0 Å². The van der Waals surface area contributed by atoms with E-state index in [1.165, 1.54) is 51.4 Å². The maximum atomic E-state index is 6.20. The first kappa shape index (κ1) is 15.0. The second-order valence-corrected chi connectivity index (χ2v) is 5.51. The Labute approximate surface area is 96.8 Å². The molecule has 0 aromatic rings. The molecular weight excluding hydrogens is 182 g/mol. The van der Waals surface area contributed by atoms with Crippen molar-refractivity contribution in [1.29, 1.82) is 0 Å². The van der Waals surface area contributed by atoms with Crippen LogP contribution in [0.25, 0.3) is 0 Å². The second-order valence-electron chi connectivity index (χ2n) is 5.51. The van der Waals surface area contributed by atoms with E-state index in [1.54, 1.807) is 0 Å². The standard InChI is InChI=1S/C14H31N/c1-5-7-8-9-10-11-12-13(15)14(3,4)6-2/h13H,5-12,15H2,1-4H3. The molecule has 0 aliphatic carbocycles. The topological polar surface area (TPSA) is 26.0 Å². The molecule has 1 unspecified atom stereocenters. The smallest absolute Gasteiger partial charge is 0.00901 e. The summed E-state index contributed by atoms with van der Waals surface area (Å²) in [6, 6.07) is 0.383. The SMILES string of the molecule is CCCCCCCCC(N)C(C)(C)CC. The van der Waals surface area contributed by atoms with Crippen LogP contribution in [0.4, 0.5) is 0 Å². The van der Waals surface area contributed by atoms with Crippen LogP contribution in [-0.2, 0) is 0 Å². The third kappa shape index (κ3) is 6.94. The molecule has 15 heavy (non-hydrogen) atoms. The zero-order chi connectivity index (χ0) is 11.7. The third-order valence-electron chi connectivity index (χ3n) is 3.78. The van der Waals surface area contributed by atoms with Crippen molar-refractivity contribution in [2.45, 2.75) is 85.1 Å². The molecule has 0 radical (unpaired) electrons. The van der Waals surface area contributed by atoms with E-state index in [-0.39, 0.29) is 0 Å². The lowest BCUT2D eigenvalue weighted by Crippen LogP contribution is -2.36. The zero-order valence-corrected chi connectivity index (χ0v) is 11.3. The zero-order valence-electron chi connectivity index (χ0n) is 11.3. The highest BCUT2D eigenvalue weighted by Crippen LogP contribution is 2.26. The van der Waals surface area contributed by atoms with E-state index < -0.39 is 0 Å². The van der Waals surface area contributed by atoms with Gasteiger partial charge >= 0.3 is 0 Å². The Morgan fingerprint density at radius 1 is 0.933 bits per heavy atom. The monoisotopic (exact) mass is 213 g/mol. The predicted octanol–water partition coefficient (Wildman–Crippen LogP) is 4.50. The van der Waals surface area contributed by atoms with Crippen LogP contribution in [0.1, 0.15) is 79.1 Å². The van der Waals surface area contributed by atoms with Gasteiger partial charge in [0.25, 0.3) is 0 Å². The second kappa shape index (κ2) is 8.15. The molecule has 0 fully saturated rings. The molecule has 0 amide bonds. The summed E-state index contributed by atoms with van der Waals surface area (Å²) >= 11 is 0. The third-order valence-corrected chi connectivity index (χ3v) is 3.78. The molecule has 0 bridgehead atoms. The largest absolute Gasteiger partial charge is 0.327 e. The van der Waals surface area contributed by atoms with E-state index >= 15 is 0 Å². The van der Waals surface area contributed by atoms with Gasteiger partial charge in [0.2, 0.25) is 0 Å². The summed E-state index contributed by atoms with van der Waals surface area (Å²) in [4.78, 5) is 0. The number of hydrogen-bond acceptors (Lipinski definition) is 1. The quantitative estimate of drug-likeness (QED) is 0.561. The van der Waals surface area contributed by atoms with Gasteiger partial charge in [-0.1, -0.05) is 66.2 Å². The van der Waals surface area contributed by atoms with E-state index in [9.17, 15) is 0 Å². The van der Waals surface area contributed by atoms with Gasteiger partial charge in [0, 0.05) is 6.04 Å². The van der Waals surface area contributed by atoms with Gasteiger partial charge < -0.3 is 5.73 Å². The number of hydrogen-bond donors (Lipinski definition) is 1. The minimum Gasteiger partial charge on any atom is -0.327 e. The van der Waals surface area contributed by atoms with Crippen LogP contribution in [0.3, 0.4) is 0 Å². The molecule has 0 heterocycles. The summed E-state index contributed by atoms with van der Waals surface area (Å²) in [6.45, 7) is 9.07. The van der Waals surface area contributed by atoms with Gasteiger partial charge in [0.05, 0.1) is 0 Å².